The maximum Gasteiger partial charge on any atom is 0.317 e. The highest BCUT2D eigenvalue weighted by atomic mass is 16.3. The zero-order chi connectivity index (χ0) is 16.1. The standard InChI is InChI=1S/C17H24N2O3/c1-12(2)19(11-13(3)20)17(21)18-9-8-15-10-14-6-4-5-7-16(14)22-15/h4-7,10,12-13,20H,8-9,11H2,1-3H3,(H,18,21). The van der Waals surface area contributed by atoms with Crippen molar-refractivity contribution < 1.29 is 14.3 Å². The van der Waals surface area contributed by atoms with Crippen LogP contribution in [0.25, 0.3) is 11.0 Å². The summed E-state index contributed by atoms with van der Waals surface area (Å²) in [5.41, 5.74) is 0.863. The molecule has 1 heterocycles. The van der Waals surface area contributed by atoms with E-state index in [1.807, 2.05) is 44.2 Å². The van der Waals surface area contributed by atoms with E-state index in [9.17, 15) is 9.90 Å². The van der Waals surface area contributed by atoms with Gasteiger partial charge in [-0.15, -0.1) is 0 Å². The average Bonchev–Trinajstić information content (AvgIpc) is 2.86. The first-order valence-corrected chi connectivity index (χ1v) is 7.67. The molecule has 120 valence electrons. The molecule has 2 amide bonds. The van der Waals surface area contributed by atoms with E-state index in [4.69, 9.17) is 4.42 Å². The molecule has 0 aliphatic heterocycles. The lowest BCUT2D eigenvalue weighted by Gasteiger charge is -2.28. The van der Waals surface area contributed by atoms with Gasteiger partial charge < -0.3 is 19.7 Å². The number of nitrogens with zero attached hydrogens (tertiary/aromatic N) is 1. The Kier molecular flexibility index (Phi) is 5.44. The predicted octanol–water partition coefficient (Wildman–Crippen LogP) is 2.78. The van der Waals surface area contributed by atoms with Crippen molar-refractivity contribution in [2.75, 3.05) is 13.1 Å². The normalized spacial score (nSPS) is 12.6. The van der Waals surface area contributed by atoms with Gasteiger partial charge in [0.05, 0.1) is 6.10 Å². The van der Waals surface area contributed by atoms with Crippen LogP contribution in [0.3, 0.4) is 0 Å². The number of hydrogen-bond acceptors (Lipinski definition) is 3. The maximum absolute atomic E-state index is 12.2. The quantitative estimate of drug-likeness (QED) is 0.862. The van der Waals surface area contributed by atoms with Gasteiger partial charge in [0.15, 0.2) is 0 Å². The summed E-state index contributed by atoms with van der Waals surface area (Å²) in [6, 6.07) is 9.73. The van der Waals surface area contributed by atoms with Crippen LogP contribution in [-0.2, 0) is 6.42 Å². The van der Waals surface area contributed by atoms with Crippen LogP contribution in [-0.4, -0.2) is 41.3 Å². The third-order valence-corrected chi connectivity index (χ3v) is 3.47. The molecule has 2 aromatic rings. The fourth-order valence-corrected chi connectivity index (χ4v) is 2.37. The van der Waals surface area contributed by atoms with Gasteiger partial charge in [-0.2, -0.15) is 0 Å². The van der Waals surface area contributed by atoms with Gasteiger partial charge in [-0.05, 0) is 32.9 Å². The summed E-state index contributed by atoms with van der Waals surface area (Å²) in [6.07, 6.45) is 0.102. The number of rotatable bonds is 6. The monoisotopic (exact) mass is 304 g/mol. The molecular formula is C17H24N2O3. The number of nitrogens with one attached hydrogen (secondary N) is 1. The molecule has 2 rings (SSSR count). The molecule has 1 aromatic carbocycles. The number of fused-ring (bicyclic) bond motifs is 1. The van der Waals surface area contributed by atoms with E-state index < -0.39 is 6.10 Å². The second-order valence-corrected chi connectivity index (χ2v) is 5.83. The second-order valence-electron chi connectivity index (χ2n) is 5.83. The van der Waals surface area contributed by atoms with Crippen molar-refractivity contribution in [3.63, 3.8) is 0 Å². The van der Waals surface area contributed by atoms with Gasteiger partial charge >= 0.3 is 6.03 Å². The van der Waals surface area contributed by atoms with E-state index in [-0.39, 0.29) is 12.1 Å². The molecule has 0 aliphatic carbocycles. The van der Waals surface area contributed by atoms with Gasteiger partial charge in [-0.3, -0.25) is 0 Å². The van der Waals surface area contributed by atoms with Crippen LogP contribution in [0, 0.1) is 0 Å². The Morgan fingerprint density at radius 2 is 2.05 bits per heavy atom. The minimum atomic E-state index is -0.538. The average molecular weight is 304 g/mol. The van der Waals surface area contributed by atoms with Gasteiger partial charge in [0.1, 0.15) is 11.3 Å². The molecule has 0 bridgehead atoms. The molecule has 5 heteroatoms. The molecule has 0 saturated carbocycles. The van der Waals surface area contributed by atoms with Crippen LogP contribution in [0.2, 0.25) is 0 Å². The van der Waals surface area contributed by atoms with Crippen LogP contribution in [0.1, 0.15) is 26.5 Å². The second kappa shape index (κ2) is 7.31. The zero-order valence-corrected chi connectivity index (χ0v) is 13.4. The number of para-hydroxylation sites is 1. The van der Waals surface area contributed by atoms with Crippen molar-refractivity contribution in [1.29, 1.82) is 0 Å². The van der Waals surface area contributed by atoms with Crippen LogP contribution in [0.15, 0.2) is 34.7 Å². The first-order valence-electron chi connectivity index (χ1n) is 7.67. The van der Waals surface area contributed by atoms with Crippen molar-refractivity contribution in [2.45, 2.75) is 39.3 Å². The van der Waals surface area contributed by atoms with Crippen molar-refractivity contribution >= 4 is 17.0 Å². The van der Waals surface area contributed by atoms with E-state index >= 15 is 0 Å². The van der Waals surface area contributed by atoms with Crippen LogP contribution < -0.4 is 5.32 Å². The first kappa shape index (κ1) is 16.4. The SMILES string of the molecule is CC(O)CN(C(=O)NCCc1cc2ccccc2o1)C(C)C. The summed E-state index contributed by atoms with van der Waals surface area (Å²) in [6.45, 7) is 6.37. The number of aliphatic hydroxyl groups excluding tert-OH is 1. The summed E-state index contributed by atoms with van der Waals surface area (Å²) >= 11 is 0. The third kappa shape index (κ3) is 4.24. The molecule has 5 nitrogen and oxygen atoms in total. The molecule has 0 fully saturated rings. The largest absolute Gasteiger partial charge is 0.461 e. The van der Waals surface area contributed by atoms with Gasteiger partial charge in [0.25, 0.3) is 0 Å². The van der Waals surface area contributed by atoms with Gasteiger partial charge in [0, 0.05) is 30.9 Å². The van der Waals surface area contributed by atoms with Crippen LogP contribution in [0.4, 0.5) is 4.79 Å². The van der Waals surface area contributed by atoms with Crippen molar-refractivity contribution in [2.24, 2.45) is 0 Å². The molecule has 0 radical (unpaired) electrons. The Hall–Kier alpha value is -2.01. The number of hydrogen-bond donors (Lipinski definition) is 2. The number of urea groups is 1. The molecule has 0 aliphatic rings. The van der Waals surface area contributed by atoms with Crippen molar-refractivity contribution in [3.05, 3.63) is 36.1 Å². The fraction of sp³-hybridized carbons (Fsp3) is 0.471. The van der Waals surface area contributed by atoms with E-state index in [1.54, 1.807) is 11.8 Å². The summed E-state index contributed by atoms with van der Waals surface area (Å²) in [4.78, 5) is 13.8. The number of carbonyl (C=O) groups excluding carboxylic acids is 1. The molecule has 1 atom stereocenters. The highest BCUT2D eigenvalue weighted by molar-refractivity contribution is 5.77. The summed E-state index contributed by atoms with van der Waals surface area (Å²) in [5.74, 6) is 0.855. The Morgan fingerprint density at radius 3 is 2.68 bits per heavy atom. The van der Waals surface area contributed by atoms with E-state index in [0.717, 1.165) is 16.7 Å². The summed E-state index contributed by atoms with van der Waals surface area (Å²) in [5, 5.41) is 13.4. The lowest BCUT2D eigenvalue weighted by atomic mass is 10.2. The molecule has 22 heavy (non-hydrogen) atoms. The topological polar surface area (TPSA) is 65.7 Å². The smallest absolute Gasteiger partial charge is 0.317 e. The molecule has 0 saturated heterocycles. The van der Waals surface area contributed by atoms with Gasteiger partial charge in [-0.25, -0.2) is 4.79 Å². The summed E-state index contributed by atoms with van der Waals surface area (Å²) < 4.78 is 5.72. The molecule has 1 unspecified atom stereocenters. The third-order valence-electron chi connectivity index (χ3n) is 3.47. The number of benzene rings is 1. The Bertz CT molecular complexity index is 586. The van der Waals surface area contributed by atoms with Crippen molar-refractivity contribution in [1.82, 2.24) is 10.2 Å². The first-order chi connectivity index (χ1) is 10.5. The van der Waals surface area contributed by atoms with Crippen LogP contribution >= 0.6 is 0 Å². The Labute approximate surface area is 130 Å². The van der Waals surface area contributed by atoms with Crippen molar-refractivity contribution in [3.8, 4) is 0 Å². The molecular weight excluding hydrogens is 280 g/mol. The fourth-order valence-electron chi connectivity index (χ4n) is 2.37. The van der Waals surface area contributed by atoms with E-state index in [0.29, 0.717) is 19.5 Å². The minimum Gasteiger partial charge on any atom is -0.461 e. The Morgan fingerprint density at radius 1 is 1.32 bits per heavy atom. The lowest BCUT2D eigenvalue weighted by Crippen LogP contribution is -2.47. The lowest BCUT2D eigenvalue weighted by molar-refractivity contribution is 0.119. The van der Waals surface area contributed by atoms with E-state index in [1.165, 1.54) is 0 Å². The van der Waals surface area contributed by atoms with E-state index in [2.05, 4.69) is 5.32 Å². The highest BCUT2D eigenvalue weighted by Gasteiger charge is 2.18. The highest BCUT2D eigenvalue weighted by Crippen LogP contribution is 2.18. The number of amides is 2. The molecule has 2 N–H and O–H groups in total. The number of aliphatic hydroxyl groups is 1. The molecule has 0 spiro atoms. The van der Waals surface area contributed by atoms with Gasteiger partial charge in [-0.1, -0.05) is 18.2 Å². The van der Waals surface area contributed by atoms with Gasteiger partial charge in [0.2, 0.25) is 0 Å². The number of carbonyl (C=O) groups is 1. The summed E-state index contributed by atoms with van der Waals surface area (Å²) in [7, 11) is 0. The zero-order valence-electron chi connectivity index (χ0n) is 13.4. The maximum atomic E-state index is 12.2. The predicted molar refractivity (Wildman–Crippen MR) is 86.8 cm³/mol. The van der Waals surface area contributed by atoms with Crippen LogP contribution in [0.5, 0.6) is 0 Å². The molecule has 1 aromatic heterocycles. The minimum absolute atomic E-state index is 0.0424. The Balaban J connectivity index is 1.87. The number of furan rings is 1.